The Morgan fingerprint density at radius 2 is 2.29 bits per heavy atom. The number of nitriles is 1. The normalized spacial score (nSPS) is 10.3. The summed E-state index contributed by atoms with van der Waals surface area (Å²) >= 11 is 1.58. The lowest BCUT2D eigenvalue weighted by Crippen LogP contribution is -1.99. The number of thiophene rings is 1. The lowest BCUT2D eigenvalue weighted by molar-refractivity contribution is 0.568. The zero-order valence-electron chi connectivity index (χ0n) is 11.3. The fraction of sp³-hybridized carbons (Fsp3) is 0.133. The first-order chi connectivity index (χ1) is 10.3. The highest BCUT2D eigenvalue weighted by Gasteiger charge is 2.06. The first-order valence-corrected chi connectivity index (χ1v) is 7.23. The van der Waals surface area contributed by atoms with Crippen LogP contribution in [0.4, 0.5) is 5.69 Å². The maximum Gasteiger partial charge on any atom is 0.247 e. The summed E-state index contributed by atoms with van der Waals surface area (Å²) in [5, 5.41) is 21.6. The summed E-state index contributed by atoms with van der Waals surface area (Å²) in [6, 6.07) is 9.98. The van der Waals surface area contributed by atoms with E-state index in [1.807, 2.05) is 36.6 Å². The highest BCUT2D eigenvalue weighted by Crippen LogP contribution is 2.24. The number of rotatable bonds is 4. The first-order valence-electron chi connectivity index (χ1n) is 6.35. The van der Waals surface area contributed by atoms with Gasteiger partial charge in [-0.1, -0.05) is 0 Å². The van der Waals surface area contributed by atoms with Gasteiger partial charge in [-0.3, -0.25) is 0 Å². The summed E-state index contributed by atoms with van der Waals surface area (Å²) in [5.41, 5.74) is 3.76. The van der Waals surface area contributed by atoms with Gasteiger partial charge >= 0.3 is 0 Å². The lowest BCUT2D eigenvalue weighted by atomic mass is 10.1. The maximum atomic E-state index is 8.82. The summed E-state index contributed by atoms with van der Waals surface area (Å²) < 4.78 is 5.19. The fourth-order valence-electron chi connectivity index (χ4n) is 2.01. The predicted molar refractivity (Wildman–Crippen MR) is 80.8 cm³/mol. The van der Waals surface area contributed by atoms with E-state index in [0.29, 0.717) is 18.0 Å². The van der Waals surface area contributed by atoms with Crippen molar-refractivity contribution in [2.75, 3.05) is 5.32 Å². The van der Waals surface area contributed by atoms with Gasteiger partial charge in [0.25, 0.3) is 0 Å². The molecule has 6 heteroatoms. The van der Waals surface area contributed by atoms with Crippen molar-refractivity contribution in [3.63, 3.8) is 0 Å². The number of benzene rings is 1. The highest BCUT2D eigenvalue weighted by molar-refractivity contribution is 7.10. The summed E-state index contributed by atoms with van der Waals surface area (Å²) in [5.74, 6) is 0.515. The summed E-state index contributed by atoms with van der Waals surface area (Å²) in [4.78, 5) is 1.13. The average Bonchev–Trinajstić information content (AvgIpc) is 3.17. The average molecular weight is 296 g/mol. The highest BCUT2D eigenvalue weighted by atomic mass is 32.1. The van der Waals surface area contributed by atoms with Crippen molar-refractivity contribution in [3.8, 4) is 17.5 Å². The second-order valence-electron chi connectivity index (χ2n) is 4.54. The Morgan fingerprint density at radius 3 is 2.95 bits per heavy atom. The van der Waals surface area contributed by atoms with E-state index >= 15 is 0 Å². The number of nitrogens with one attached hydrogen (secondary N) is 1. The standard InChI is InChI=1S/C15H12N4OS/c1-10-4-12(15-19-18-9-20-15)2-3-14(10)17-7-13-5-11(6-16)8-21-13/h2-5,8-9,17H,7H2,1H3. The van der Waals surface area contributed by atoms with Crippen molar-refractivity contribution in [2.24, 2.45) is 0 Å². The minimum Gasteiger partial charge on any atom is -0.423 e. The van der Waals surface area contributed by atoms with Gasteiger partial charge in [0.2, 0.25) is 12.3 Å². The zero-order chi connectivity index (χ0) is 14.7. The van der Waals surface area contributed by atoms with Crippen LogP contribution in [0.15, 0.2) is 40.5 Å². The van der Waals surface area contributed by atoms with Crippen LogP contribution >= 0.6 is 11.3 Å². The van der Waals surface area contributed by atoms with Gasteiger partial charge in [-0.15, -0.1) is 21.5 Å². The third-order valence-electron chi connectivity index (χ3n) is 3.07. The largest absolute Gasteiger partial charge is 0.423 e. The Balaban J connectivity index is 1.73. The van der Waals surface area contributed by atoms with E-state index in [-0.39, 0.29) is 0 Å². The lowest BCUT2D eigenvalue weighted by Gasteiger charge is -2.09. The molecule has 0 atom stereocenters. The van der Waals surface area contributed by atoms with Crippen LogP contribution in [0.5, 0.6) is 0 Å². The minimum absolute atomic E-state index is 0.515. The molecule has 104 valence electrons. The van der Waals surface area contributed by atoms with Gasteiger partial charge in [-0.25, -0.2) is 0 Å². The molecule has 0 saturated carbocycles. The molecule has 3 rings (SSSR count). The Labute approximate surface area is 125 Å². The van der Waals surface area contributed by atoms with Crippen molar-refractivity contribution >= 4 is 17.0 Å². The SMILES string of the molecule is Cc1cc(-c2nnco2)ccc1NCc1cc(C#N)cs1. The minimum atomic E-state index is 0.515. The van der Waals surface area contributed by atoms with Crippen molar-refractivity contribution in [2.45, 2.75) is 13.5 Å². The van der Waals surface area contributed by atoms with E-state index in [1.165, 1.54) is 6.39 Å². The molecule has 2 aromatic heterocycles. The van der Waals surface area contributed by atoms with E-state index in [9.17, 15) is 0 Å². The molecular formula is C15H12N4OS. The second-order valence-corrected chi connectivity index (χ2v) is 5.54. The Hall–Kier alpha value is -2.65. The van der Waals surface area contributed by atoms with Gasteiger partial charge in [0.1, 0.15) is 6.07 Å². The third kappa shape index (κ3) is 2.93. The molecule has 1 N–H and O–H groups in total. The fourth-order valence-corrected chi connectivity index (χ4v) is 2.76. The summed E-state index contributed by atoms with van der Waals surface area (Å²) in [6.45, 7) is 2.73. The van der Waals surface area contributed by atoms with E-state index in [0.717, 1.165) is 21.7 Å². The molecule has 2 heterocycles. The molecule has 5 nitrogen and oxygen atoms in total. The molecule has 3 aromatic rings. The molecule has 21 heavy (non-hydrogen) atoms. The molecule has 0 amide bonds. The van der Waals surface area contributed by atoms with Crippen LogP contribution in [0.2, 0.25) is 0 Å². The molecule has 0 radical (unpaired) electrons. The van der Waals surface area contributed by atoms with Crippen molar-refractivity contribution in [3.05, 3.63) is 52.0 Å². The molecule has 0 saturated heterocycles. The van der Waals surface area contributed by atoms with Gasteiger partial charge in [0, 0.05) is 28.1 Å². The van der Waals surface area contributed by atoms with Crippen LogP contribution in [0, 0.1) is 18.3 Å². The van der Waals surface area contributed by atoms with Crippen LogP contribution < -0.4 is 5.32 Å². The maximum absolute atomic E-state index is 8.82. The van der Waals surface area contributed by atoms with E-state index in [4.69, 9.17) is 9.68 Å². The summed E-state index contributed by atoms with van der Waals surface area (Å²) in [7, 11) is 0. The predicted octanol–water partition coefficient (Wildman–Crippen LogP) is 3.59. The smallest absolute Gasteiger partial charge is 0.247 e. The van der Waals surface area contributed by atoms with Gasteiger partial charge < -0.3 is 9.73 Å². The van der Waals surface area contributed by atoms with Crippen LogP contribution in [0.3, 0.4) is 0 Å². The number of nitrogens with zero attached hydrogens (tertiary/aromatic N) is 3. The monoisotopic (exact) mass is 296 g/mol. The van der Waals surface area contributed by atoms with Crippen LogP contribution in [-0.4, -0.2) is 10.2 Å². The topological polar surface area (TPSA) is 74.7 Å². The van der Waals surface area contributed by atoms with Gasteiger partial charge in [0.15, 0.2) is 0 Å². The number of hydrogen-bond donors (Lipinski definition) is 1. The van der Waals surface area contributed by atoms with Crippen molar-refractivity contribution in [1.29, 1.82) is 5.26 Å². The van der Waals surface area contributed by atoms with E-state index < -0.39 is 0 Å². The Bertz CT molecular complexity index is 786. The molecular weight excluding hydrogens is 284 g/mol. The van der Waals surface area contributed by atoms with Crippen molar-refractivity contribution in [1.82, 2.24) is 10.2 Å². The number of aryl methyl sites for hydroxylation is 1. The van der Waals surface area contributed by atoms with Crippen LogP contribution in [0.25, 0.3) is 11.5 Å². The molecule has 0 aliphatic rings. The number of aromatic nitrogens is 2. The third-order valence-corrected chi connectivity index (χ3v) is 4.01. The second kappa shape index (κ2) is 5.77. The molecule has 0 aliphatic carbocycles. The van der Waals surface area contributed by atoms with Crippen molar-refractivity contribution < 1.29 is 4.42 Å². The zero-order valence-corrected chi connectivity index (χ0v) is 12.1. The number of hydrogen-bond acceptors (Lipinski definition) is 6. The number of anilines is 1. The van der Waals surface area contributed by atoms with Crippen LogP contribution in [-0.2, 0) is 6.54 Å². The van der Waals surface area contributed by atoms with Gasteiger partial charge in [-0.2, -0.15) is 5.26 Å². The first kappa shape index (κ1) is 13.3. The van der Waals surface area contributed by atoms with E-state index in [1.54, 1.807) is 11.3 Å². The van der Waals surface area contributed by atoms with Gasteiger partial charge in [-0.05, 0) is 36.8 Å². The summed E-state index contributed by atoms with van der Waals surface area (Å²) in [6.07, 6.45) is 1.32. The molecule has 0 unspecified atom stereocenters. The van der Waals surface area contributed by atoms with Crippen LogP contribution in [0.1, 0.15) is 16.0 Å². The van der Waals surface area contributed by atoms with Gasteiger partial charge in [0.05, 0.1) is 5.56 Å². The molecule has 0 fully saturated rings. The molecule has 0 spiro atoms. The molecule has 0 bridgehead atoms. The quantitative estimate of drug-likeness (QED) is 0.796. The molecule has 1 aromatic carbocycles. The molecule has 0 aliphatic heterocycles. The Kier molecular flexibility index (Phi) is 3.67. The Morgan fingerprint density at radius 1 is 1.38 bits per heavy atom. The van der Waals surface area contributed by atoms with E-state index in [2.05, 4.69) is 21.6 Å².